The Balaban J connectivity index is 1.02. The highest BCUT2D eigenvalue weighted by atomic mass is 15.0. The lowest BCUT2D eigenvalue weighted by Gasteiger charge is -2.30. The molecule has 0 bridgehead atoms. The van der Waals surface area contributed by atoms with Crippen molar-refractivity contribution in [2.75, 3.05) is 0 Å². The van der Waals surface area contributed by atoms with Gasteiger partial charge in [0, 0.05) is 33.2 Å². The number of aromatic nitrogens is 3. The molecule has 300 valence electrons. The van der Waals surface area contributed by atoms with Crippen molar-refractivity contribution in [2.45, 2.75) is 31.6 Å². The first kappa shape index (κ1) is 35.7. The first-order valence-corrected chi connectivity index (χ1v) is 22.5. The van der Waals surface area contributed by atoms with Gasteiger partial charge in [-0.2, -0.15) is 0 Å². The standard InChI is InChI=1S/C61H41N3/c1-61(2)50-23-10-8-19-42(50)44-31-30-38-35-54-39(33-49(38)57(44)61)28-27-37-29-32-47(56-45-21-9-13-26-53(45)64(54)60(37)56)59-58(62-51-24-11-12-25-52(51)63-59)46-22-14-17-40-34-48(36-15-4-3-5-16-36)41-18-6-7-20-43(41)55(40)46/h3-33,35,48H,34H2,1-2H3. The Morgan fingerprint density at radius 3 is 2.08 bits per heavy atom. The van der Waals surface area contributed by atoms with Crippen molar-refractivity contribution in [3.05, 3.63) is 221 Å². The van der Waals surface area contributed by atoms with Gasteiger partial charge in [-0.1, -0.05) is 178 Å². The molecular weight excluding hydrogens is 775 g/mol. The summed E-state index contributed by atoms with van der Waals surface area (Å²) in [7, 11) is 0. The second-order valence-electron chi connectivity index (χ2n) is 18.4. The maximum atomic E-state index is 5.61. The van der Waals surface area contributed by atoms with Crippen molar-refractivity contribution in [1.29, 1.82) is 0 Å². The summed E-state index contributed by atoms with van der Waals surface area (Å²) < 4.78 is 2.52. The fourth-order valence-corrected chi connectivity index (χ4v) is 11.9. The van der Waals surface area contributed by atoms with Crippen LogP contribution in [-0.2, 0) is 11.8 Å². The van der Waals surface area contributed by atoms with Crippen molar-refractivity contribution in [2.24, 2.45) is 0 Å². The number of hydrogen-bond acceptors (Lipinski definition) is 2. The molecule has 64 heavy (non-hydrogen) atoms. The third-order valence-electron chi connectivity index (χ3n) is 14.7. The van der Waals surface area contributed by atoms with Gasteiger partial charge in [0.15, 0.2) is 0 Å². The van der Waals surface area contributed by atoms with Crippen molar-refractivity contribution >= 4 is 55.8 Å². The molecule has 2 aromatic heterocycles. The van der Waals surface area contributed by atoms with Gasteiger partial charge in [0.05, 0.1) is 39.1 Å². The average Bonchev–Trinajstić information content (AvgIpc) is 3.74. The van der Waals surface area contributed by atoms with Gasteiger partial charge in [-0.05, 0) is 109 Å². The van der Waals surface area contributed by atoms with Gasteiger partial charge in [-0.15, -0.1) is 0 Å². The summed E-state index contributed by atoms with van der Waals surface area (Å²) in [6.45, 7) is 4.77. The van der Waals surface area contributed by atoms with Gasteiger partial charge in [-0.3, -0.25) is 0 Å². The predicted octanol–water partition coefficient (Wildman–Crippen LogP) is 15.4. The van der Waals surface area contributed by atoms with E-state index < -0.39 is 0 Å². The van der Waals surface area contributed by atoms with E-state index in [0.717, 1.165) is 40.0 Å². The molecule has 2 aliphatic carbocycles. The molecule has 0 N–H and O–H groups in total. The minimum Gasteiger partial charge on any atom is -0.308 e. The molecule has 3 heterocycles. The van der Waals surface area contributed by atoms with E-state index in [2.05, 4.69) is 213 Å². The topological polar surface area (TPSA) is 30.7 Å². The van der Waals surface area contributed by atoms with Crippen LogP contribution in [0.15, 0.2) is 182 Å². The molecule has 3 nitrogen and oxygen atoms in total. The van der Waals surface area contributed by atoms with Crippen LogP contribution >= 0.6 is 0 Å². The van der Waals surface area contributed by atoms with Crippen LogP contribution in [0.5, 0.6) is 0 Å². The Hall–Kier alpha value is -7.88. The highest BCUT2D eigenvalue weighted by Gasteiger charge is 2.37. The lowest BCUT2D eigenvalue weighted by molar-refractivity contribution is 0.666. The second kappa shape index (κ2) is 13.1. The SMILES string of the molecule is CC1(C)c2ccccc2-c2ccc3cc4c(cc3c21)C=Cc1ccc(-c2nc3ccccc3nc2-c2cccc3c2-c2ccccc2C(c2ccccc2)C3)c2c3ccccc3n-4c12. The molecule has 3 aliphatic rings. The Kier molecular flexibility index (Phi) is 7.29. The maximum absolute atomic E-state index is 5.61. The zero-order valence-corrected chi connectivity index (χ0v) is 35.6. The van der Waals surface area contributed by atoms with Crippen LogP contribution in [0.4, 0.5) is 0 Å². The number of hydrogen-bond donors (Lipinski definition) is 0. The van der Waals surface area contributed by atoms with Gasteiger partial charge < -0.3 is 4.57 Å². The highest BCUT2D eigenvalue weighted by molar-refractivity contribution is 6.20. The van der Waals surface area contributed by atoms with E-state index in [-0.39, 0.29) is 11.3 Å². The molecule has 0 saturated heterocycles. The zero-order chi connectivity index (χ0) is 42.3. The quantitative estimate of drug-likeness (QED) is 0.178. The summed E-state index contributed by atoms with van der Waals surface area (Å²) in [5.41, 5.74) is 23.7. The monoisotopic (exact) mass is 815 g/mol. The maximum Gasteiger partial charge on any atom is 0.0980 e. The number of rotatable bonds is 3. The Morgan fingerprint density at radius 1 is 0.531 bits per heavy atom. The van der Waals surface area contributed by atoms with E-state index in [4.69, 9.17) is 9.97 Å². The average molecular weight is 816 g/mol. The summed E-state index contributed by atoms with van der Waals surface area (Å²) in [6.07, 6.45) is 5.57. The Morgan fingerprint density at radius 2 is 1.22 bits per heavy atom. The third kappa shape index (κ3) is 4.87. The molecular formula is C61H41N3. The predicted molar refractivity (Wildman–Crippen MR) is 266 cm³/mol. The van der Waals surface area contributed by atoms with Crippen LogP contribution in [0.3, 0.4) is 0 Å². The number of nitrogens with zero attached hydrogens (tertiary/aromatic N) is 3. The Labute approximate surface area is 371 Å². The molecule has 0 spiro atoms. The van der Waals surface area contributed by atoms with E-state index >= 15 is 0 Å². The molecule has 1 unspecified atom stereocenters. The van der Waals surface area contributed by atoms with E-state index in [1.807, 2.05) is 0 Å². The van der Waals surface area contributed by atoms with Crippen LogP contribution < -0.4 is 0 Å². The van der Waals surface area contributed by atoms with Gasteiger partial charge in [-0.25, -0.2) is 9.97 Å². The summed E-state index contributed by atoms with van der Waals surface area (Å²) >= 11 is 0. The van der Waals surface area contributed by atoms with Gasteiger partial charge >= 0.3 is 0 Å². The van der Waals surface area contributed by atoms with Crippen molar-refractivity contribution in [3.8, 4) is 50.5 Å². The largest absolute Gasteiger partial charge is 0.308 e. The molecule has 1 aliphatic heterocycles. The summed E-state index contributed by atoms with van der Waals surface area (Å²) in [4.78, 5) is 11.2. The summed E-state index contributed by atoms with van der Waals surface area (Å²) in [6, 6.07) is 67.1. The molecule has 0 fully saturated rings. The van der Waals surface area contributed by atoms with Crippen LogP contribution in [-0.4, -0.2) is 14.5 Å². The summed E-state index contributed by atoms with van der Waals surface area (Å²) in [5, 5.41) is 4.97. The van der Waals surface area contributed by atoms with Crippen LogP contribution in [0.1, 0.15) is 58.7 Å². The van der Waals surface area contributed by atoms with Crippen LogP contribution in [0.25, 0.3) is 106 Å². The zero-order valence-electron chi connectivity index (χ0n) is 35.6. The Bertz CT molecular complexity index is 3850. The van der Waals surface area contributed by atoms with Gasteiger partial charge in [0.25, 0.3) is 0 Å². The minimum absolute atomic E-state index is 0.109. The summed E-state index contributed by atoms with van der Waals surface area (Å²) in [5.74, 6) is 0.270. The van der Waals surface area contributed by atoms with E-state index in [1.165, 1.54) is 99.5 Å². The van der Waals surface area contributed by atoms with Crippen LogP contribution in [0.2, 0.25) is 0 Å². The molecule has 9 aromatic carbocycles. The van der Waals surface area contributed by atoms with Crippen molar-refractivity contribution < 1.29 is 0 Å². The lowest BCUT2D eigenvalue weighted by atomic mass is 9.74. The molecule has 1 atom stereocenters. The van der Waals surface area contributed by atoms with Gasteiger partial charge in [0.2, 0.25) is 0 Å². The van der Waals surface area contributed by atoms with E-state index in [1.54, 1.807) is 0 Å². The molecule has 11 aromatic rings. The number of benzene rings is 9. The highest BCUT2D eigenvalue weighted by Crippen LogP contribution is 2.53. The minimum atomic E-state index is -0.109. The van der Waals surface area contributed by atoms with Crippen molar-refractivity contribution in [3.63, 3.8) is 0 Å². The third-order valence-corrected chi connectivity index (χ3v) is 14.7. The molecule has 0 amide bonds. The first-order valence-electron chi connectivity index (χ1n) is 22.5. The second-order valence-corrected chi connectivity index (χ2v) is 18.4. The van der Waals surface area contributed by atoms with E-state index in [9.17, 15) is 0 Å². The molecule has 0 radical (unpaired) electrons. The van der Waals surface area contributed by atoms with Gasteiger partial charge in [0.1, 0.15) is 0 Å². The normalized spacial score (nSPS) is 15.2. The smallest absolute Gasteiger partial charge is 0.0980 e. The molecule has 14 rings (SSSR count). The number of para-hydroxylation sites is 3. The number of fused-ring (bicyclic) bond motifs is 14. The van der Waals surface area contributed by atoms with E-state index in [0.29, 0.717) is 0 Å². The molecule has 3 heteroatoms. The lowest BCUT2D eigenvalue weighted by Crippen LogP contribution is -2.15. The van der Waals surface area contributed by atoms with Crippen LogP contribution in [0, 0.1) is 0 Å². The first-order chi connectivity index (χ1) is 31.5. The fourth-order valence-electron chi connectivity index (χ4n) is 11.9. The molecule has 0 saturated carbocycles. The van der Waals surface area contributed by atoms with Crippen molar-refractivity contribution in [1.82, 2.24) is 14.5 Å². The fraction of sp³-hybridized carbons (Fsp3) is 0.0820.